The Kier molecular flexibility index (Phi) is 10.8. The lowest BCUT2D eigenvalue weighted by Gasteiger charge is -2.39. The predicted molar refractivity (Wildman–Crippen MR) is 301 cm³/mol. The average molecular weight is 957 g/mol. The fourth-order valence-corrected chi connectivity index (χ4v) is 14.3. The van der Waals surface area contributed by atoms with Gasteiger partial charge in [-0.2, -0.15) is 0 Å². The van der Waals surface area contributed by atoms with E-state index in [-0.39, 0.29) is 24.1 Å². The van der Waals surface area contributed by atoms with Crippen LogP contribution in [0.3, 0.4) is 0 Å². The summed E-state index contributed by atoms with van der Waals surface area (Å²) in [5, 5.41) is 4.72. The first kappa shape index (κ1) is 44.5. The fraction of sp³-hybridized carbons (Fsp3) is 0.294. The molecule has 8 unspecified atom stereocenters. The van der Waals surface area contributed by atoms with Crippen LogP contribution in [0.2, 0.25) is 0 Å². The molecule has 14 rings (SSSR count). The second-order valence-electron chi connectivity index (χ2n) is 22.2. The molecule has 4 aromatic carbocycles. The number of nitrogens with zero attached hydrogens (tertiary/aromatic N) is 2. The number of aryl methyl sites for hydroxylation is 1. The molecule has 6 aromatic rings. The van der Waals surface area contributed by atoms with Gasteiger partial charge in [0.15, 0.2) is 5.58 Å². The zero-order valence-electron chi connectivity index (χ0n) is 42.6. The molecule has 7 aliphatic carbocycles. The third kappa shape index (κ3) is 7.47. The standard InChI is InChI=1S/C68H64N2O3/c1-41-13-9-14-42(2)65(41)45-25-30-49(31-26-45)69(59-21-11-19-56-53-17-5-7-23-61(53)72-67(56)59)51-34-29-47-38-58-55-36-35-52(40-64(55)71-63(58)39-48(47)37-51)70(50-32-27-46(28-33-50)66-43(3)15-10-16-44(66)4)60-22-12-20-57-54-18-6-8-24-62(54)73-68(57)60/h5-7,9-21,23,25,27,29,32,34-41,43,49,55,60,64-66H,8,22,24,26,28,30-31,33H2,1-4H3. The zero-order chi connectivity index (χ0) is 48.9. The van der Waals surface area contributed by atoms with E-state index in [1.807, 2.05) is 0 Å². The lowest BCUT2D eigenvalue weighted by Crippen LogP contribution is -2.33. The van der Waals surface area contributed by atoms with E-state index in [0.717, 1.165) is 96.3 Å². The van der Waals surface area contributed by atoms with Gasteiger partial charge in [-0.3, -0.25) is 0 Å². The first-order valence-electron chi connectivity index (χ1n) is 27.2. The van der Waals surface area contributed by atoms with E-state index >= 15 is 0 Å². The molecule has 0 radical (unpaired) electrons. The minimum Gasteiger partial charge on any atom is -0.485 e. The van der Waals surface area contributed by atoms with Crippen molar-refractivity contribution in [3.63, 3.8) is 0 Å². The highest BCUT2D eigenvalue weighted by Crippen LogP contribution is 2.51. The summed E-state index contributed by atoms with van der Waals surface area (Å²) >= 11 is 0. The van der Waals surface area contributed by atoms with E-state index in [0.29, 0.717) is 23.7 Å². The lowest BCUT2D eigenvalue weighted by atomic mass is 9.74. The van der Waals surface area contributed by atoms with E-state index in [4.69, 9.17) is 13.6 Å². The van der Waals surface area contributed by atoms with Crippen molar-refractivity contribution in [1.82, 2.24) is 4.90 Å². The van der Waals surface area contributed by atoms with Crippen LogP contribution < -0.4 is 9.64 Å². The van der Waals surface area contributed by atoms with Crippen LogP contribution in [0.5, 0.6) is 5.75 Å². The SMILES string of the molecule is CC1=CC=CC(C)C1C1=CC=C(N(C2=CC3Oc4cc5cc(N(c6cccc7c6oc6ccccc67)C6CC=C(C7C(C)=CC=CC7C)CC6)ccc5cc4C3C=C2)C2CC=Cc3c2oc2c3C=CCC2)CC1. The normalized spacial score (nSPS) is 26.8. The average Bonchev–Trinajstić information content (AvgIpc) is 4.11. The largest absolute Gasteiger partial charge is 0.485 e. The van der Waals surface area contributed by atoms with Crippen LogP contribution in [0.15, 0.2) is 200 Å². The Balaban J connectivity index is 0.814. The van der Waals surface area contributed by atoms with Gasteiger partial charge in [-0.1, -0.05) is 152 Å². The van der Waals surface area contributed by atoms with E-state index in [1.54, 1.807) is 5.57 Å². The topological polar surface area (TPSA) is 42.0 Å². The summed E-state index contributed by atoms with van der Waals surface area (Å²) in [7, 11) is 0. The van der Waals surface area contributed by atoms with Gasteiger partial charge in [-0.05, 0) is 136 Å². The molecule has 0 saturated heterocycles. The highest BCUT2D eigenvalue weighted by atomic mass is 16.5. The molecule has 0 spiro atoms. The summed E-state index contributed by atoms with van der Waals surface area (Å²) in [5.74, 6) is 5.26. The number of rotatable bonds is 8. The van der Waals surface area contributed by atoms with Crippen molar-refractivity contribution in [2.24, 2.45) is 23.7 Å². The first-order valence-corrected chi connectivity index (χ1v) is 27.2. The Hall–Kier alpha value is -7.24. The quantitative estimate of drug-likeness (QED) is 0.142. The van der Waals surface area contributed by atoms with Crippen LogP contribution in [0.25, 0.3) is 44.9 Å². The minimum absolute atomic E-state index is 0.0455. The summed E-state index contributed by atoms with van der Waals surface area (Å²) in [6.45, 7) is 9.34. The molecule has 364 valence electrons. The highest BCUT2D eigenvalue weighted by molar-refractivity contribution is 6.09. The molecule has 8 atom stereocenters. The number of para-hydroxylation sites is 2. The van der Waals surface area contributed by atoms with Gasteiger partial charge in [0, 0.05) is 74.8 Å². The second-order valence-corrected chi connectivity index (χ2v) is 22.2. The van der Waals surface area contributed by atoms with Crippen LogP contribution in [0.1, 0.15) is 113 Å². The van der Waals surface area contributed by atoms with Crippen LogP contribution in [0, 0.1) is 23.7 Å². The highest BCUT2D eigenvalue weighted by Gasteiger charge is 2.40. The Labute approximate surface area is 430 Å². The molecule has 5 heteroatoms. The fourth-order valence-electron chi connectivity index (χ4n) is 14.3. The van der Waals surface area contributed by atoms with E-state index in [9.17, 15) is 0 Å². The van der Waals surface area contributed by atoms with E-state index in [2.05, 4.69) is 208 Å². The maximum atomic E-state index is 7.12. The van der Waals surface area contributed by atoms with Crippen molar-refractivity contribution in [3.05, 3.63) is 220 Å². The summed E-state index contributed by atoms with van der Waals surface area (Å²) in [5.41, 5.74) is 16.5. The molecule has 8 aliphatic rings. The maximum absolute atomic E-state index is 7.12. The van der Waals surface area contributed by atoms with Gasteiger partial charge in [0.1, 0.15) is 29.0 Å². The predicted octanol–water partition coefficient (Wildman–Crippen LogP) is 17.8. The van der Waals surface area contributed by atoms with Crippen molar-refractivity contribution in [3.8, 4) is 5.75 Å². The molecule has 0 amide bonds. The van der Waals surface area contributed by atoms with E-state index in [1.165, 1.54) is 61.3 Å². The molecule has 1 aliphatic heterocycles. The number of hydrogen-bond acceptors (Lipinski definition) is 5. The number of fused-ring (bicyclic) bond motifs is 10. The van der Waals surface area contributed by atoms with Crippen molar-refractivity contribution < 1.29 is 13.6 Å². The molecule has 0 bridgehead atoms. The number of allylic oxidation sites excluding steroid dienone is 15. The van der Waals surface area contributed by atoms with Crippen molar-refractivity contribution in [2.45, 2.75) is 103 Å². The third-order valence-corrected chi connectivity index (χ3v) is 17.7. The molecule has 5 nitrogen and oxygen atoms in total. The maximum Gasteiger partial charge on any atom is 0.159 e. The molecule has 2 aromatic heterocycles. The number of hydrogen-bond donors (Lipinski definition) is 0. The van der Waals surface area contributed by atoms with Crippen LogP contribution in [0.4, 0.5) is 11.4 Å². The molecule has 0 saturated carbocycles. The molecular weight excluding hydrogens is 893 g/mol. The van der Waals surface area contributed by atoms with Gasteiger partial charge in [0.25, 0.3) is 0 Å². The van der Waals surface area contributed by atoms with E-state index < -0.39 is 0 Å². The Morgan fingerprint density at radius 1 is 0.644 bits per heavy atom. The number of anilines is 2. The molecule has 73 heavy (non-hydrogen) atoms. The number of benzene rings is 4. The van der Waals surface area contributed by atoms with Crippen molar-refractivity contribution in [2.75, 3.05) is 4.90 Å². The lowest BCUT2D eigenvalue weighted by molar-refractivity contribution is 0.241. The monoisotopic (exact) mass is 956 g/mol. The van der Waals surface area contributed by atoms with Crippen molar-refractivity contribution >= 4 is 56.2 Å². The van der Waals surface area contributed by atoms with Crippen LogP contribution in [-0.2, 0) is 6.42 Å². The van der Waals surface area contributed by atoms with Gasteiger partial charge in [-0.25, -0.2) is 0 Å². The smallest absolute Gasteiger partial charge is 0.159 e. The summed E-state index contributed by atoms with van der Waals surface area (Å²) < 4.78 is 20.8. The first-order chi connectivity index (χ1) is 35.8. The van der Waals surface area contributed by atoms with Gasteiger partial charge in [0.05, 0.1) is 11.7 Å². The van der Waals surface area contributed by atoms with Gasteiger partial charge in [-0.15, -0.1) is 0 Å². The summed E-state index contributed by atoms with van der Waals surface area (Å²) in [6.07, 6.45) is 45.5. The summed E-state index contributed by atoms with van der Waals surface area (Å²) in [6, 6.07) is 27.2. The van der Waals surface area contributed by atoms with Crippen LogP contribution >= 0.6 is 0 Å². The van der Waals surface area contributed by atoms with Gasteiger partial charge >= 0.3 is 0 Å². The van der Waals surface area contributed by atoms with Gasteiger partial charge in [0.2, 0.25) is 0 Å². The van der Waals surface area contributed by atoms with Crippen molar-refractivity contribution in [1.29, 1.82) is 0 Å². The Bertz CT molecular complexity index is 3620. The molecule has 0 N–H and O–H groups in total. The molecular formula is C68H64N2O3. The Morgan fingerprint density at radius 2 is 1.47 bits per heavy atom. The van der Waals surface area contributed by atoms with Crippen LogP contribution in [-0.4, -0.2) is 17.0 Å². The van der Waals surface area contributed by atoms with Gasteiger partial charge < -0.3 is 23.4 Å². The minimum atomic E-state index is -0.121. The number of furan rings is 2. The molecule has 0 fully saturated rings. The molecule has 3 heterocycles. The summed E-state index contributed by atoms with van der Waals surface area (Å²) in [4.78, 5) is 5.19. The second kappa shape index (κ2) is 17.8. The number of ether oxygens (including phenoxy) is 1. The Morgan fingerprint density at radius 3 is 2.27 bits per heavy atom. The third-order valence-electron chi connectivity index (χ3n) is 17.7. The zero-order valence-corrected chi connectivity index (χ0v) is 42.6.